The topological polar surface area (TPSA) is 90.2 Å². The number of nitrogens with zero attached hydrogens (tertiary/aromatic N) is 1. The summed E-state index contributed by atoms with van der Waals surface area (Å²) in [7, 11) is 0. The molecule has 2 rings (SSSR count). The van der Waals surface area contributed by atoms with Crippen LogP contribution >= 0.6 is 11.6 Å². The first kappa shape index (κ1) is 14.6. The van der Waals surface area contributed by atoms with Crippen LogP contribution < -0.4 is 5.32 Å². The molecule has 0 aliphatic heterocycles. The minimum absolute atomic E-state index is 0.0328. The molecular weight excluding hydrogens is 292 g/mol. The number of anilines is 1. The molecule has 0 saturated carbocycles. The molecule has 0 atom stereocenters. The number of aromatic carboxylic acids is 1. The van der Waals surface area contributed by atoms with Gasteiger partial charge >= 0.3 is 5.97 Å². The van der Waals surface area contributed by atoms with Gasteiger partial charge in [0.25, 0.3) is 5.91 Å². The Labute approximate surface area is 125 Å². The molecule has 2 aromatic rings. The lowest BCUT2D eigenvalue weighted by Gasteiger charge is -2.09. The van der Waals surface area contributed by atoms with E-state index in [-0.39, 0.29) is 16.1 Å². The van der Waals surface area contributed by atoms with Crippen molar-refractivity contribution < 1.29 is 14.7 Å². The van der Waals surface area contributed by atoms with Crippen molar-refractivity contribution in [3.05, 3.63) is 64.2 Å². The Morgan fingerprint density at radius 1 is 1.14 bits per heavy atom. The van der Waals surface area contributed by atoms with Gasteiger partial charge in [-0.3, -0.25) is 4.79 Å². The first-order valence-electron chi connectivity index (χ1n) is 5.86. The van der Waals surface area contributed by atoms with Gasteiger partial charge in [0, 0.05) is 0 Å². The molecule has 0 aromatic heterocycles. The number of hydrogen-bond acceptors (Lipinski definition) is 3. The van der Waals surface area contributed by atoms with E-state index in [9.17, 15) is 9.59 Å². The van der Waals surface area contributed by atoms with Gasteiger partial charge in [0.15, 0.2) is 0 Å². The summed E-state index contributed by atoms with van der Waals surface area (Å²) in [4.78, 5) is 23.2. The Balaban J connectivity index is 2.31. The Kier molecular flexibility index (Phi) is 4.21. The summed E-state index contributed by atoms with van der Waals surface area (Å²) < 4.78 is 0. The van der Waals surface area contributed by atoms with Gasteiger partial charge in [0.2, 0.25) is 0 Å². The second kappa shape index (κ2) is 6.07. The number of hydrogen-bond donors (Lipinski definition) is 2. The van der Waals surface area contributed by atoms with E-state index in [1.807, 2.05) is 6.07 Å². The number of carbonyl (C=O) groups is 2. The summed E-state index contributed by atoms with van der Waals surface area (Å²) in [5.41, 5.74) is 0.606. The fraction of sp³-hybridized carbons (Fsp3) is 0. The van der Waals surface area contributed by atoms with Crippen molar-refractivity contribution in [2.45, 2.75) is 0 Å². The summed E-state index contributed by atoms with van der Waals surface area (Å²) >= 11 is 5.96. The van der Waals surface area contributed by atoms with Crippen molar-refractivity contribution in [3.8, 4) is 6.07 Å². The van der Waals surface area contributed by atoms with E-state index in [4.69, 9.17) is 22.0 Å². The molecule has 5 nitrogen and oxygen atoms in total. The first-order valence-corrected chi connectivity index (χ1v) is 6.24. The predicted octanol–water partition coefficient (Wildman–Crippen LogP) is 3.16. The highest BCUT2D eigenvalue weighted by atomic mass is 35.5. The van der Waals surface area contributed by atoms with Crippen molar-refractivity contribution in [1.29, 1.82) is 5.26 Å². The van der Waals surface area contributed by atoms with Gasteiger partial charge in [-0.2, -0.15) is 5.26 Å². The monoisotopic (exact) mass is 300 g/mol. The van der Waals surface area contributed by atoms with Gasteiger partial charge in [0.1, 0.15) is 0 Å². The average Bonchev–Trinajstić information content (AvgIpc) is 2.49. The van der Waals surface area contributed by atoms with E-state index in [1.54, 1.807) is 6.07 Å². The second-order valence-corrected chi connectivity index (χ2v) is 4.52. The van der Waals surface area contributed by atoms with Crippen molar-refractivity contribution in [2.24, 2.45) is 0 Å². The fourth-order valence-electron chi connectivity index (χ4n) is 1.74. The fourth-order valence-corrected chi connectivity index (χ4v) is 1.97. The Morgan fingerprint density at radius 3 is 2.38 bits per heavy atom. The SMILES string of the molecule is N#Cc1ccc(NC(=O)c2ccccc2C(=O)O)c(Cl)c1. The quantitative estimate of drug-likeness (QED) is 0.911. The predicted molar refractivity (Wildman–Crippen MR) is 77.5 cm³/mol. The zero-order valence-corrected chi connectivity index (χ0v) is 11.4. The lowest BCUT2D eigenvalue weighted by atomic mass is 10.1. The average molecular weight is 301 g/mol. The summed E-state index contributed by atoms with van der Waals surface area (Å²) in [5, 5.41) is 20.5. The highest BCUT2D eigenvalue weighted by molar-refractivity contribution is 6.34. The molecule has 6 heteroatoms. The lowest BCUT2D eigenvalue weighted by molar-refractivity contribution is 0.0692. The third-order valence-corrected chi connectivity index (χ3v) is 3.06. The number of carboxylic acid groups (broad SMARTS) is 1. The van der Waals surface area contributed by atoms with Gasteiger partial charge < -0.3 is 10.4 Å². The van der Waals surface area contributed by atoms with Crippen LogP contribution in [0.25, 0.3) is 0 Å². The number of carboxylic acids is 1. The summed E-state index contributed by atoms with van der Waals surface area (Å²) in [5.74, 6) is -1.77. The van der Waals surface area contributed by atoms with Crippen LogP contribution in [0.4, 0.5) is 5.69 Å². The maximum atomic E-state index is 12.1. The minimum Gasteiger partial charge on any atom is -0.478 e. The molecule has 2 N–H and O–H groups in total. The highest BCUT2D eigenvalue weighted by Gasteiger charge is 2.16. The van der Waals surface area contributed by atoms with E-state index < -0.39 is 11.9 Å². The maximum absolute atomic E-state index is 12.1. The number of nitrogens with one attached hydrogen (secondary N) is 1. The third kappa shape index (κ3) is 3.19. The molecular formula is C15H9ClN2O3. The Morgan fingerprint density at radius 2 is 1.81 bits per heavy atom. The number of carbonyl (C=O) groups excluding carboxylic acids is 1. The second-order valence-electron chi connectivity index (χ2n) is 4.11. The standard InChI is InChI=1S/C15H9ClN2O3/c16-12-7-9(8-17)5-6-13(12)18-14(19)10-3-1-2-4-11(10)15(20)21/h1-7H,(H,18,19)(H,20,21). The molecule has 0 spiro atoms. The molecule has 0 unspecified atom stereocenters. The molecule has 0 aliphatic carbocycles. The zero-order valence-electron chi connectivity index (χ0n) is 10.6. The molecule has 0 fully saturated rings. The molecule has 0 radical (unpaired) electrons. The van der Waals surface area contributed by atoms with Crippen LogP contribution in [-0.2, 0) is 0 Å². The summed E-state index contributed by atoms with van der Waals surface area (Å²) in [6.07, 6.45) is 0. The van der Waals surface area contributed by atoms with Crippen LogP contribution in [0.5, 0.6) is 0 Å². The summed E-state index contributed by atoms with van der Waals surface area (Å²) in [6.45, 7) is 0. The molecule has 21 heavy (non-hydrogen) atoms. The molecule has 0 bridgehead atoms. The van der Waals surface area contributed by atoms with Gasteiger partial charge in [-0.1, -0.05) is 23.7 Å². The van der Waals surface area contributed by atoms with E-state index in [1.165, 1.54) is 36.4 Å². The van der Waals surface area contributed by atoms with Gasteiger partial charge in [-0.25, -0.2) is 4.79 Å². The number of nitriles is 1. The van der Waals surface area contributed by atoms with Crippen LogP contribution in [0.15, 0.2) is 42.5 Å². The lowest BCUT2D eigenvalue weighted by Crippen LogP contribution is -2.16. The van der Waals surface area contributed by atoms with E-state index in [2.05, 4.69) is 5.32 Å². The van der Waals surface area contributed by atoms with Gasteiger partial charge in [-0.05, 0) is 30.3 Å². The van der Waals surface area contributed by atoms with Crippen LogP contribution in [-0.4, -0.2) is 17.0 Å². The van der Waals surface area contributed by atoms with Gasteiger partial charge in [-0.15, -0.1) is 0 Å². The zero-order chi connectivity index (χ0) is 15.4. The van der Waals surface area contributed by atoms with Crippen LogP contribution in [0.3, 0.4) is 0 Å². The molecule has 0 aliphatic rings. The first-order chi connectivity index (χ1) is 10.0. The molecule has 2 aromatic carbocycles. The smallest absolute Gasteiger partial charge is 0.336 e. The molecule has 104 valence electrons. The van der Waals surface area contributed by atoms with E-state index >= 15 is 0 Å². The normalized spacial score (nSPS) is 9.71. The van der Waals surface area contributed by atoms with Crippen LogP contribution in [0.2, 0.25) is 5.02 Å². The number of amides is 1. The van der Waals surface area contributed by atoms with Gasteiger partial charge in [0.05, 0.1) is 33.5 Å². The maximum Gasteiger partial charge on any atom is 0.336 e. The number of halogens is 1. The van der Waals surface area contributed by atoms with Crippen molar-refractivity contribution >= 4 is 29.2 Å². The largest absolute Gasteiger partial charge is 0.478 e. The van der Waals surface area contributed by atoms with Crippen molar-refractivity contribution in [2.75, 3.05) is 5.32 Å². The number of benzene rings is 2. The van der Waals surface area contributed by atoms with Crippen molar-refractivity contribution in [1.82, 2.24) is 0 Å². The van der Waals surface area contributed by atoms with Crippen LogP contribution in [0.1, 0.15) is 26.3 Å². The Hall–Kier alpha value is -2.84. The Bertz CT molecular complexity index is 766. The molecule has 0 heterocycles. The summed E-state index contributed by atoms with van der Waals surface area (Å²) in [6, 6.07) is 12.2. The highest BCUT2D eigenvalue weighted by Crippen LogP contribution is 2.23. The van der Waals surface area contributed by atoms with Crippen LogP contribution in [0, 0.1) is 11.3 Å². The minimum atomic E-state index is -1.19. The van der Waals surface area contributed by atoms with Crippen molar-refractivity contribution in [3.63, 3.8) is 0 Å². The number of rotatable bonds is 3. The molecule has 1 amide bonds. The molecule has 0 saturated heterocycles. The van der Waals surface area contributed by atoms with E-state index in [0.717, 1.165) is 0 Å². The third-order valence-electron chi connectivity index (χ3n) is 2.75. The van der Waals surface area contributed by atoms with E-state index in [0.29, 0.717) is 11.3 Å².